The molecule has 0 aromatic heterocycles. The Bertz CT molecular complexity index is 379. The minimum absolute atomic E-state index is 0.145. The Morgan fingerprint density at radius 1 is 1.30 bits per heavy atom. The Hall–Kier alpha value is -0.930. The Morgan fingerprint density at radius 2 is 2.10 bits per heavy atom. The molecule has 1 aromatic rings. The number of nitrogens with zero attached hydrogens (tertiary/aromatic N) is 1. The SMILES string of the molecule is CCOCCN1CCC[C@H](CCc2ccc(F)cc2)C1. The van der Waals surface area contributed by atoms with Crippen LogP contribution in [0.3, 0.4) is 0 Å². The summed E-state index contributed by atoms with van der Waals surface area (Å²) in [6.45, 7) is 7.15. The molecular formula is C17H26FNO. The van der Waals surface area contributed by atoms with E-state index in [-0.39, 0.29) is 5.82 Å². The average Bonchev–Trinajstić information content (AvgIpc) is 2.47. The molecule has 0 saturated carbocycles. The minimum atomic E-state index is -0.145. The van der Waals surface area contributed by atoms with Gasteiger partial charge in [-0.1, -0.05) is 12.1 Å². The smallest absolute Gasteiger partial charge is 0.123 e. The Kier molecular flexibility index (Phi) is 6.48. The lowest BCUT2D eigenvalue weighted by molar-refractivity contribution is 0.0903. The molecule has 2 nitrogen and oxygen atoms in total. The molecule has 1 atom stereocenters. The molecule has 0 spiro atoms. The highest BCUT2D eigenvalue weighted by Crippen LogP contribution is 2.21. The molecule has 1 aliphatic heterocycles. The van der Waals surface area contributed by atoms with Crippen LogP contribution in [0.25, 0.3) is 0 Å². The molecule has 1 heterocycles. The van der Waals surface area contributed by atoms with Gasteiger partial charge in [0.2, 0.25) is 0 Å². The summed E-state index contributed by atoms with van der Waals surface area (Å²) >= 11 is 0. The number of hydrogen-bond acceptors (Lipinski definition) is 2. The van der Waals surface area contributed by atoms with Crippen molar-refractivity contribution < 1.29 is 9.13 Å². The van der Waals surface area contributed by atoms with E-state index in [1.165, 1.54) is 37.9 Å². The second-order valence-electron chi connectivity index (χ2n) is 5.67. The summed E-state index contributed by atoms with van der Waals surface area (Å²) in [7, 11) is 0. The largest absolute Gasteiger partial charge is 0.380 e. The summed E-state index contributed by atoms with van der Waals surface area (Å²) in [5.41, 5.74) is 1.25. The Balaban J connectivity index is 1.71. The number of rotatable bonds is 7. The first-order valence-electron chi connectivity index (χ1n) is 7.82. The van der Waals surface area contributed by atoms with Gasteiger partial charge in [0.05, 0.1) is 6.61 Å². The number of likely N-dealkylation sites (tertiary alicyclic amines) is 1. The predicted molar refractivity (Wildman–Crippen MR) is 80.4 cm³/mol. The molecule has 0 N–H and O–H groups in total. The highest BCUT2D eigenvalue weighted by molar-refractivity contribution is 5.16. The van der Waals surface area contributed by atoms with Crippen molar-refractivity contribution in [3.63, 3.8) is 0 Å². The van der Waals surface area contributed by atoms with Crippen LogP contribution in [0.5, 0.6) is 0 Å². The van der Waals surface area contributed by atoms with Crippen LogP contribution in [0, 0.1) is 11.7 Å². The summed E-state index contributed by atoms with van der Waals surface area (Å²) in [6.07, 6.45) is 4.88. The first-order valence-corrected chi connectivity index (χ1v) is 7.82. The lowest BCUT2D eigenvalue weighted by atomic mass is 9.91. The quantitative estimate of drug-likeness (QED) is 0.708. The van der Waals surface area contributed by atoms with Gasteiger partial charge < -0.3 is 9.64 Å². The summed E-state index contributed by atoms with van der Waals surface area (Å²) < 4.78 is 18.3. The molecule has 3 heteroatoms. The van der Waals surface area contributed by atoms with Crippen molar-refractivity contribution in [1.29, 1.82) is 0 Å². The van der Waals surface area contributed by atoms with Crippen molar-refractivity contribution in [2.24, 2.45) is 5.92 Å². The lowest BCUT2D eigenvalue weighted by Crippen LogP contribution is -2.37. The maximum atomic E-state index is 12.9. The van der Waals surface area contributed by atoms with Crippen molar-refractivity contribution in [3.8, 4) is 0 Å². The maximum Gasteiger partial charge on any atom is 0.123 e. The summed E-state index contributed by atoms with van der Waals surface area (Å²) in [6, 6.07) is 6.94. The van der Waals surface area contributed by atoms with Gasteiger partial charge in [-0.3, -0.25) is 0 Å². The fourth-order valence-corrected chi connectivity index (χ4v) is 2.95. The van der Waals surface area contributed by atoms with Gasteiger partial charge in [0, 0.05) is 19.7 Å². The molecule has 1 saturated heterocycles. The fourth-order valence-electron chi connectivity index (χ4n) is 2.95. The summed E-state index contributed by atoms with van der Waals surface area (Å²) in [5, 5.41) is 0. The van der Waals surface area contributed by atoms with Crippen molar-refractivity contribution in [2.45, 2.75) is 32.6 Å². The highest BCUT2D eigenvalue weighted by Gasteiger charge is 2.19. The predicted octanol–water partition coefficient (Wildman–Crippen LogP) is 3.51. The van der Waals surface area contributed by atoms with Gasteiger partial charge in [-0.15, -0.1) is 0 Å². The first-order chi connectivity index (χ1) is 9.78. The van der Waals surface area contributed by atoms with Crippen LogP contribution >= 0.6 is 0 Å². The van der Waals surface area contributed by atoms with Crippen LogP contribution in [0.2, 0.25) is 0 Å². The monoisotopic (exact) mass is 279 g/mol. The Morgan fingerprint density at radius 3 is 2.85 bits per heavy atom. The van der Waals surface area contributed by atoms with E-state index < -0.39 is 0 Å². The molecule has 0 bridgehead atoms. The number of ether oxygens (including phenoxy) is 1. The zero-order valence-electron chi connectivity index (χ0n) is 12.5. The van der Waals surface area contributed by atoms with Crippen LogP contribution in [-0.2, 0) is 11.2 Å². The van der Waals surface area contributed by atoms with Gasteiger partial charge in [0.15, 0.2) is 0 Å². The topological polar surface area (TPSA) is 12.5 Å². The van der Waals surface area contributed by atoms with Crippen LogP contribution in [0.1, 0.15) is 31.7 Å². The Labute approximate surface area is 121 Å². The van der Waals surface area contributed by atoms with Crippen LogP contribution in [-0.4, -0.2) is 37.7 Å². The van der Waals surface area contributed by atoms with Crippen molar-refractivity contribution in [2.75, 3.05) is 32.8 Å². The number of aryl methyl sites for hydroxylation is 1. The maximum absolute atomic E-state index is 12.9. The highest BCUT2D eigenvalue weighted by atomic mass is 19.1. The van der Waals surface area contributed by atoms with Crippen LogP contribution in [0.4, 0.5) is 4.39 Å². The zero-order valence-corrected chi connectivity index (χ0v) is 12.5. The number of hydrogen-bond donors (Lipinski definition) is 0. The summed E-state index contributed by atoms with van der Waals surface area (Å²) in [5.74, 6) is 0.629. The van der Waals surface area contributed by atoms with E-state index in [2.05, 4.69) is 4.90 Å². The zero-order chi connectivity index (χ0) is 14.2. The van der Waals surface area contributed by atoms with Crippen LogP contribution in [0.15, 0.2) is 24.3 Å². The van der Waals surface area contributed by atoms with Crippen LogP contribution < -0.4 is 0 Å². The third kappa shape index (κ3) is 5.22. The van der Waals surface area contributed by atoms with E-state index in [0.717, 1.165) is 32.1 Å². The van der Waals surface area contributed by atoms with Gasteiger partial charge in [-0.2, -0.15) is 0 Å². The molecule has 0 unspecified atom stereocenters. The minimum Gasteiger partial charge on any atom is -0.380 e. The molecule has 0 aliphatic carbocycles. The second kappa shape index (κ2) is 8.38. The number of benzene rings is 1. The molecule has 1 aliphatic rings. The molecule has 2 rings (SSSR count). The standard InChI is InChI=1S/C17H26FNO/c1-2-20-13-12-19-11-3-4-16(14-19)6-5-15-7-9-17(18)10-8-15/h7-10,16H,2-6,11-14H2,1H3/t16-/m1/s1. The van der Waals surface area contributed by atoms with E-state index >= 15 is 0 Å². The third-order valence-electron chi connectivity index (χ3n) is 4.11. The third-order valence-corrected chi connectivity index (χ3v) is 4.11. The lowest BCUT2D eigenvalue weighted by Gasteiger charge is -2.32. The number of piperidine rings is 1. The molecule has 0 radical (unpaired) electrons. The number of halogens is 1. The van der Waals surface area contributed by atoms with Gasteiger partial charge in [-0.05, 0) is 62.8 Å². The second-order valence-corrected chi connectivity index (χ2v) is 5.67. The normalized spacial score (nSPS) is 20.2. The van der Waals surface area contributed by atoms with Crippen molar-refractivity contribution in [3.05, 3.63) is 35.6 Å². The van der Waals surface area contributed by atoms with E-state index in [9.17, 15) is 4.39 Å². The van der Waals surface area contributed by atoms with E-state index in [1.807, 2.05) is 19.1 Å². The van der Waals surface area contributed by atoms with Gasteiger partial charge >= 0.3 is 0 Å². The van der Waals surface area contributed by atoms with Gasteiger partial charge in [-0.25, -0.2) is 4.39 Å². The van der Waals surface area contributed by atoms with E-state index in [0.29, 0.717) is 0 Å². The van der Waals surface area contributed by atoms with Gasteiger partial charge in [0.25, 0.3) is 0 Å². The molecule has 20 heavy (non-hydrogen) atoms. The summed E-state index contributed by atoms with van der Waals surface area (Å²) in [4.78, 5) is 2.52. The first kappa shape index (κ1) is 15.5. The molecular weight excluding hydrogens is 253 g/mol. The van der Waals surface area contributed by atoms with E-state index in [1.54, 1.807) is 12.1 Å². The van der Waals surface area contributed by atoms with Crippen molar-refractivity contribution >= 4 is 0 Å². The molecule has 1 aromatic carbocycles. The van der Waals surface area contributed by atoms with Gasteiger partial charge in [0.1, 0.15) is 5.82 Å². The molecule has 1 fully saturated rings. The fraction of sp³-hybridized carbons (Fsp3) is 0.647. The average molecular weight is 279 g/mol. The van der Waals surface area contributed by atoms with E-state index in [4.69, 9.17) is 4.74 Å². The van der Waals surface area contributed by atoms with Crippen molar-refractivity contribution in [1.82, 2.24) is 4.90 Å². The molecule has 112 valence electrons. The molecule has 0 amide bonds.